The summed E-state index contributed by atoms with van der Waals surface area (Å²) in [5.74, 6) is -0.775. The number of hydrogen-bond acceptors (Lipinski definition) is 4. The van der Waals surface area contributed by atoms with Gasteiger partial charge in [-0.25, -0.2) is 4.79 Å². The fourth-order valence-electron chi connectivity index (χ4n) is 3.72. The average molecular weight is 421 g/mol. The van der Waals surface area contributed by atoms with Crippen LogP contribution in [0.25, 0.3) is 0 Å². The van der Waals surface area contributed by atoms with Crippen LogP contribution in [0.15, 0.2) is 60.7 Å². The van der Waals surface area contributed by atoms with Crippen LogP contribution in [0.5, 0.6) is 0 Å². The van der Waals surface area contributed by atoms with Crippen LogP contribution < -0.4 is 5.32 Å². The summed E-state index contributed by atoms with van der Waals surface area (Å²) >= 11 is 0. The minimum absolute atomic E-state index is 0.154. The number of esters is 1. The number of ether oxygens (including phenoxy) is 2. The molecule has 3 aromatic rings. The van der Waals surface area contributed by atoms with Crippen LogP contribution in [0.4, 0.5) is 0 Å². The minimum Gasteiger partial charge on any atom is -0.460 e. The molecule has 2 aromatic carbocycles. The Labute approximate surface area is 182 Å². The number of H-pyrrole nitrogens is 1. The molecule has 1 aromatic heterocycles. The van der Waals surface area contributed by atoms with Gasteiger partial charge >= 0.3 is 5.97 Å². The zero-order chi connectivity index (χ0) is 22.4. The highest BCUT2D eigenvalue weighted by Gasteiger charge is 2.33. The van der Waals surface area contributed by atoms with Crippen molar-refractivity contribution in [1.29, 1.82) is 0 Å². The van der Waals surface area contributed by atoms with E-state index >= 15 is 0 Å². The molecular weight excluding hydrogens is 392 g/mol. The number of carbonyl (C=O) groups is 2. The molecule has 6 nitrogen and oxygen atoms in total. The zero-order valence-electron chi connectivity index (χ0n) is 18.3. The van der Waals surface area contributed by atoms with E-state index in [-0.39, 0.29) is 12.5 Å². The van der Waals surface area contributed by atoms with Crippen molar-refractivity contribution in [3.63, 3.8) is 0 Å². The van der Waals surface area contributed by atoms with Gasteiger partial charge in [0.15, 0.2) is 0 Å². The number of methoxy groups -OCH3 is 1. The highest BCUT2D eigenvalue weighted by Crippen LogP contribution is 2.30. The van der Waals surface area contributed by atoms with Gasteiger partial charge in [0.25, 0.3) is 5.91 Å². The lowest BCUT2D eigenvalue weighted by atomic mass is 9.84. The van der Waals surface area contributed by atoms with Gasteiger partial charge in [-0.3, -0.25) is 4.79 Å². The molecular formula is C25H28N2O4. The normalized spacial score (nSPS) is 11.2. The van der Waals surface area contributed by atoms with Crippen molar-refractivity contribution < 1.29 is 19.1 Å². The molecule has 0 spiro atoms. The number of rotatable bonds is 8. The second-order valence-corrected chi connectivity index (χ2v) is 7.56. The Kier molecular flexibility index (Phi) is 6.92. The third-order valence-corrected chi connectivity index (χ3v) is 5.46. The van der Waals surface area contributed by atoms with Crippen LogP contribution in [-0.2, 0) is 15.0 Å². The van der Waals surface area contributed by atoms with Crippen molar-refractivity contribution in [1.82, 2.24) is 10.3 Å². The van der Waals surface area contributed by atoms with Gasteiger partial charge in [0.2, 0.25) is 0 Å². The van der Waals surface area contributed by atoms with Crippen molar-refractivity contribution in [2.24, 2.45) is 0 Å². The SMILES string of the molecule is COCCOC(=O)c1c(C)[nH]c(C(=O)NC(C)(c2ccccc2)c2ccccc2)c1C. The number of amides is 1. The average Bonchev–Trinajstić information content (AvgIpc) is 3.09. The van der Waals surface area contributed by atoms with Crippen molar-refractivity contribution >= 4 is 11.9 Å². The van der Waals surface area contributed by atoms with Crippen molar-refractivity contribution in [2.75, 3.05) is 20.3 Å². The fourth-order valence-corrected chi connectivity index (χ4v) is 3.72. The van der Waals surface area contributed by atoms with Gasteiger partial charge in [0, 0.05) is 12.8 Å². The predicted octanol–water partition coefficient (Wildman–Crippen LogP) is 4.13. The van der Waals surface area contributed by atoms with E-state index in [9.17, 15) is 9.59 Å². The summed E-state index contributed by atoms with van der Waals surface area (Å²) in [4.78, 5) is 28.9. The van der Waals surface area contributed by atoms with Crippen molar-refractivity contribution in [2.45, 2.75) is 26.3 Å². The zero-order valence-corrected chi connectivity index (χ0v) is 18.3. The monoisotopic (exact) mass is 420 g/mol. The van der Waals surface area contributed by atoms with Crippen LogP contribution in [0, 0.1) is 13.8 Å². The molecule has 6 heteroatoms. The fraction of sp³-hybridized carbons (Fsp3) is 0.280. The van der Waals surface area contributed by atoms with Gasteiger partial charge in [-0.1, -0.05) is 60.7 Å². The number of nitrogens with one attached hydrogen (secondary N) is 2. The lowest BCUT2D eigenvalue weighted by molar-refractivity contribution is 0.0387. The van der Waals surface area contributed by atoms with Crippen molar-refractivity contribution in [3.8, 4) is 0 Å². The van der Waals surface area contributed by atoms with E-state index in [2.05, 4.69) is 10.3 Å². The first kappa shape index (κ1) is 22.3. The molecule has 162 valence electrons. The highest BCUT2D eigenvalue weighted by molar-refractivity contribution is 6.01. The summed E-state index contributed by atoms with van der Waals surface area (Å²) in [6, 6.07) is 19.6. The molecule has 0 radical (unpaired) electrons. The van der Waals surface area contributed by atoms with E-state index in [0.29, 0.717) is 29.1 Å². The maximum Gasteiger partial charge on any atom is 0.340 e. The molecule has 0 aliphatic rings. The molecule has 0 fully saturated rings. The molecule has 0 bridgehead atoms. The summed E-state index contributed by atoms with van der Waals surface area (Å²) in [6.07, 6.45) is 0. The predicted molar refractivity (Wildman–Crippen MR) is 119 cm³/mol. The van der Waals surface area contributed by atoms with E-state index in [1.807, 2.05) is 67.6 Å². The Morgan fingerprint density at radius 3 is 2.00 bits per heavy atom. The summed E-state index contributed by atoms with van der Waals surface area (Å²) in [5, 5.41) is 3.17. The van der Waals surface area contributed by atoms with Gasteiger partial charge in [-0.15, -0.1) is 0 Å². The van der Waals surface area contributed by atoms with E-state index in [4.69, 9.17) is 9.47 Å². The van der Waals surface area contributed by atoms with Crippen molar-refractivity contribution in [3.05, 3.63) is 94.3 Å². The van der Waals surface area contributed by atoms with E-state index < -0.39 is 11.5 Å². The van der Waals surface area contributed by atoms with Gasteiger partial charge in [-0.2, -0.15) is 0 Å². The van der Waals surface area contributed by atoms with Crippen LogP contribution in [0.2, 0.25) is 0 Å². The number of aromatic nitrogens is 1. The topological polar surface area (TPSA) is 80.4 Å². The molecule has 0 aliphatic heterocycles. The summed E-state index contributed by atoms with van der Waals surface area (Å²) in [6.45, 7) is 5.94. The smallest absolute Gasteiger partial charge is 0.340 e. The maximum atomic E-state index is 13.4. The van der Waals surface area contributed by atoms with Crippen LogP contribution in [0.3, 0.4) is 0 Å². The summed E-state index contributed by atoms with van der Waals surface area (Å²) < 4.78 is 10.2. The Bertz CT molecular complexity index is 1000. The molecule has 1 heterocycles. The first-order valence-corrected chi connectivity index (χ1v) is 10.2. The number of carbonyl (C=O) groups excluding carboxylic acids is 2. The molecule has 1 amide bonds. The molecule has 0 aliphatic carbocycles. The highest BCUT2D eigenvalue weighted by atomic mass is 16.6. The Hall–Kier alpha value is -3.38. The minimum atomic E-state index is -0.760. The summed E-state index contributed by atoms with van der Waals surface area (Å²) in [5.41, 5.74) is 3.01. The number of benzene rings is 2. The Balaban J connectivity index is 1.93. The largest absolute Gasteiger partial charge is 0.460 e. The molecule has 0 atom stereocenters. The quantitative estimate of drug-likeness (QED) is 0.424. The van der Waals surface area contributed by atoms with E-state index in [0.717, 1.165) is 11.1 Å². The Morgan fingerprint density at radius 2 is 1.48 bits per heavy atom. The molecule has 0 saturated carbocycles. The van der Waals surface area contributed by atoms with Crippen LogP contribution in [0.1, 0.15) is 50.2 Å². The second-order valence-electron chi connectivity index (χ2n) is 7.56. The van der Waals surface area contributed by atoms with Gasteiger partial charge < -0.3 is 19.8 Å². The first-order chi connectivity index (χ1) is 14.9. The molecule has 31 heavy (non-hydrogen) atoms. The number of aryl methyl sites for hydroxylation is 1. The third kappa shape index (κ3) is 4.70. The Morgan fingerprint density at radius 1 is 0.935 bits per heavy atom. The van der Waals surface area contributed by atoms with Gasteiger partial charge in [0.1, 0.15) is 12.3 Å². The third-order valence-electron chi connectivity index (χ3n) is 5.46. The first-order valence-electron chi connectivity index (χ1n) is 10.2. The second kappa shape index (κ2) is 9.62. The van der Waals surface area contributed by atoms with E-state index in [1.54, 1.807) is 21.0 Å². The van der Waals surface area contributed by atoms with Crippen LogP contribution >= 0.6 is 0 Å². The molecule has 3 rings (SSSR count). The van der Waals surface area contributed by atoms with Crippen LogP contribution in [-0.4, -0.2) is 37.2 Å². The summed E-state index contributed by atoms with van der Waals surface area (Å²) in [7, 11) is 1.54. The lowest BCUT2D eigenvalue weighted by Crippen LogP contribution is -2.44. The standard InChI is InChI=1S/C25H28N2O4/c1-17-21(24(29)31-16-15-30-4)18(2)26-22(17)23(28)27-25(3,19-11-7-5-8-12-19)20-13-9-6-10-14-20/h5-14,26H,15-16H2,1-4H3,(H,27,28). The van der Waals surface area contributed by atoms with Gasteiger partial charge in [0.05, 0.1) is 17.7 Å². The lowest BCUT2D eigenvalue weighted by Gasteiger charge is -2.32. The molecule has 2 N–H and O–H groups in total. The molecule has 0 saturated heterocycles. The number of hydrogen-bond donors (Lipinski definition) is 2. The van der Waals surface area contributed by atoms with Gasteiger partial charge in [-0.05, 0) is 37.5 Å². The van der Waals surface area contributed by atoms with E-state index in [1.165, 1.54) is 0 Å². The molecule has 0 unspecified atom stereocenters. The maximum absolute atomic E-state index is 13.4. The number of aromatic amines is 1.